The maximum absolute atomic E-state index is 12.8. The number of hydrogen-bond donors (Lipinski definition) is 0. The Morgan fingerprint density at radius 1 is 1.18 bits per heavy atom. The van der Waals surface area contributed by atoms with Gasteiger partial charge in [0, 0.05) is 66.8 Å². The first-order valence-electron chi connectivity index (χ1n) is 6.07. The number of carbonyl (C=O) groups excluding carboxylic acids is 1. The van der Waals surface area contributed by atoms with E-state index in [0.717, 1.165) is 25.9 Å². The van der Waals surface area contributed by atoms with Gasteiger partial charge in [-0.2, -0.15) is 0 Å². The van der Waals surface area contributed by atoms with Gasteiger partial charge in [0.25, 0.3) is 0 Å². The van der Waals surface area contributed by atoms with E-state index in [-0.39, 0.29) is 30.8 Å². The Kier molecular flexibility index (Phi) is 2.85. The van der Waals surface area contributed by atoms with Crippen molar-refractivity contribution in [3.8, 4) is 0 Å². The normalized spacial score (nSPS) is 37.0. The number of carbonyl (C=O) groups is 1. The first-order chi connectivity index (χ1) is 7.96. The number of rotatable bonds is 1. The zero-order valence-electron chi connectivity index (χ0n) is 9.41. The molecule has 2 bridgehead atoms. The van der Waals surface area contributed by atoms with E-state index in [1.165, 1.54) is 0 Å². The predicted octanol–water partition coefficient (Wildman–Crippen LogP) is 2.06. The molecule has 3 nitrogen and oxygen atoms in total. The summed E-state index contributed by atoms with van der Waals surface area (Å²) in [6, 6.07) is 0.514. The zero-order valence-corrected chi connectivity index (χ0v) is 11.6. The lowest BCUT2D eigenvalue weighted by Crippen LogP contribution is -2.57. The van der Waals surface area contributed by atoms with Crippen LogP contribution in [0.15, 0.2) is 0 Å². The molecular weight excluding hydrogens is 341 g/mol. The van der Waals surface area contributed by atoms with Crippen LogP contribution in [-0.4, -0.2) is 45.0 Å². The maximum atomic E-state index is 12.8. The van der Waals surface area contributed by atoms with Crippen LogP contribution in [-0.2, 0) is 4.79 Å². The number of amides is 1. The van der Waals surface area contributed by atoms with Gasteiger partial charge in [-0.15, -0.1) is 0 Å². The van der Waals surface area contributed by atoms with Gasteiger partial charge in [0.15, 0.2) is 0 Å². The SMILES string of the molecule is O=C(C1CC(F)(F)C1)N1C2CCC1CN(I)C2. The van der Waals surface area contributed by atoms with Gasteiger partial charge in [0.1, 0.15) is 0 Å². The molecule has 96 valence electrons. The first-order valence-corrected chi connectivity index (χ1v) is 7.03. The highest BCUT2D eigenvalue weighted by atomic mass is 127. The summed E-state index contributed by atoms with van der Waals surface area (Å²) in [6.45, 7) is 1.76. The molecule has 0 aromatic rings. The van der Waals surface area contributed by atoms with Crippen molar-refractivity contribution in [2.45, 2.75) is 43.7 Å². The second kappa shape index (κ2) is 4.01. The standard InChI is InChI=1S/C11H15F2IN2O/c12-11(13)3-7(4-11)10(17)16-8-1-2-9(16)6-15(14)5-8/h7-9H,1-6H2. The Labute approximate surface area is 113 Å². The topological polar surface area (TPSA) is 23.6 Å². The summed E-state index contributed by atoms with van der Waals surface area (Å²) in [6.07, 6.45) is 1.57. The lowest BCUT2D eigenvalue weighted by Gasteiger charge is -2.43. The number of halogens is 3. The van der Waals surface area contributed by atoms with E-state index < -0.39 is 11.8 Å². The van der Waals surface area contributed by atoms with Crippen LogP contribution in [0.1, 0.15) is 25.7 Å². The lowest BCUT2D eigenvalue weighted by molar-refractivity contribution is -0.163. The number of nitrogens with zero attached hydrogens (tertiary/aromatic N) is 2. The molecule has 17 heavy (non-hydrogen) atoms. The van der Waals surface area contributed by atoms with Gasteiger partial charge in [-0.3, -0.25) is 4.79 Å². The van der Waals surface area contributed by atoms with Gasteiger partial charge in [-0.25, -0.2) is 11.9 Å². The van der Waals surface area contributed by atoms with Crippen molar-refractivity contribution in [2.75, 3.05) is 13.1 Å². The third-order valence-electron chi connectivity index (χ3n) is 4.13. The van der Waals surface area contributed by atoms with Crippen LogP contribution in [0.3, 0.4) is 0 Å². The summed E-state index contributed by atoms with van der Waals surface area (Å²) in [5.74, 6) is -3.04. The van der Waals surface area contributed by atoms with Crippen molar-refractivity contribution in [1.29, 1.82) is 0 Å². The van der Waals surface area contributed by atoms with Crippen molar-refractivity contribution in [3.63, 3.8) is 0 Å². The van der Waals surface area contributed by atoms with Crippen LogP contribution >= 0.6 is 22.9 Å². The average Bonchev–Trinajstić information content (AvgIpc) is 2.46. The van der Waals surface area contributed by atoms with Crippen molar-refractivity contribution in [1.82, 2.24) is 8.01 Å². The summed E-state index contributed by atoms with van der Waals surface area (Å²) in [7, 11) is 0. The van der Waals surface area contributed by atoms with Crippen LogP contribution in [0.4, 0.5) is 8.78 Å². The number of alkyl halides is 2. The molecule has 2 aliphatic heterocycles. The number of fused-ring (bicyclic) bond motifs is 2. The summed E-state index contributed by atoms with van der Waals surface area (Å²) >= 11 is 2.28. The van der Waals surface area contributed by atoms with Crippen molar-refractivity contribution < 1.29 is 13.6 Å². The second-order valence-corrected chi connectivity index (χ2v) is 6.78. The summed E-state index contributed by atoms with van der Waals surface area (Å²) in [5.41, 5.74) is 0. The molecule has 0 radical (unpaired) electrons. The predicted molar refractivity (Wildman–Crippen MR) is 66.9 cm³/mol. The molecule has 3 rings (SSSR count). The monoisotopic (exact) mass is 356 g/mol. The molecule has 2 heterocycles. The van der Waals surface area contributed by atoms with Gasteiger partial charge < -0.3 is 4.90 Å². The van der Waals surface area contributed by atoms with E-state index in [2.05, 4.69) is 26.0 Å². The Hall–Kier alpha value is 0.0200. The van der Waals surface area contributed by atoms with Crippen LogP contribution in [0.5, 0.6) is 0 Å². The van der Waals surface area contributed by atoms with Gasteiger partial charge >= 0.3 is 0 Å². The van der Waals surface area contributed by atoms with Crippen LogP contribution < -0.4 is 0 Å². The zero-order chi connectivity index (χ0) is 12.2. The molecule has 2 saturated heterocycles. The molecule has 0 spiro atoms. The minimum Gasteiger partial charge on any atom is -0.334 e. The van der Waals surface area contributed by atoms with Gasteiger partial charge in [0.2, 0.25) is 11.8 Å². The second-order valence-electron chi connectivity index (χ2n) is 5.42. The smallest absolute Gasteiger partial charge is 0.249 e. The Balaban J connectivity index is 1.67. The lowest BCUT2D eigenvalue weighted by atomic mass is 9.80. The Morgan fingerprint density at radius 3 is 2.18 bits per heavy atom. The molecular formula is C11H15F2IN2O. The highest BCUT2D eigenvalue weighted by molar-refractivity contribution is 14.1. The van der Waals surface area contributed by atoms with E-state index in [4.69, 9.17) is 0 Å². The molecule has 1 saturated carbocycles. The summed E-state index contributed by atoms with van der Waals surface area (Å²) < 4.78 is 27.8. The summed E-state index contributed by atoms with van der Waals surface area (Å²) in [5, 5.41) is 0. The van der Waals surface area contributed by atoms with Crippen LogP contribution in [0.25, 0.3) is 0 Å². The molecule has 0 N–H and O–H groups in total. The van der Waals surface area contributed by atoms with Gasteiger partial charge in [-0.1, -0.05) is 0 Å². The highest BCUT2D eigenvalue weighted by Gasteiger charge is 2.53. The molecule has 0 aromatic heterocycles. The first kappa shape index (κ1) is 12.1. The van der Waals surface area contributed by atoms with Gasteiger partial charge in [-0.05, 0) is 12.8 Å². The molecule has 2 unspecified atom stereocenters. The molecule has 3 fully saturated rings. The molecule has 0 aromatic carbocycles. The summed E-state index contributed by atoms with van der Waals surface area (Å²) in [4.78, 5) is 14.1. The minimum atomic E-state index is -2.59. The minimum absolute atomic E-state index is 0.0204. The maximum Gasteiger partial charge on any atom is 0.249 e. The quantitative estimate of drug-likeness (QED) is 0.531. The van der Waals surface area contributed by atoms with E-state index in [9.17, 15) is 13.6 Å². The van der Waals surface area contributed by atoms with E-state index in [1.807, 2.05) is 4.90 Å². The van der Waals surface area contributed by atoms with Crippen molar-refractivity contribution >= 4 is 28.8 Å². The molecule has 6 heteroatoms. The van der Waals surface area contributed by atoms with E-state index in [1.54, 1.807) is 0 Å². The van der Waals surface area contributed by atoms with Crippen molar-refractivity contribution in [3.05, 3.63) is 0 Å². The number of piperazine rings is 1. The largest absolute Gasteiger partial charge is 0.334 e. The molecule has 1 aliphatic carbocycles. The third kappa shape index (κ3) is 2.07. The fourth-order valence-electron chi connectivity index (χ4n) is 3.26. The average molecular weight is 356 g/mol. The fourth-order valence-corrected chi connectivity index (χ4v) is 4.17. The van der Waals surface area contributed by atoms with E-state index >= 15 is 0 Å². The molecule has 2 atom stereocenters. The van der Waals surface area contributed by atoms with Crippen molar-refractivity contribution in [2.24, 2.45) is 5.92 Å². The van der Waals surface area contributed by atoms with Gasteiger partial charge in [0.05, 0.1) is 0 Å². The van der Waals surface area contributed by atoms with E-state index in [0.29, 0.717) is 0 Å². The molecule has 1 amide bonds. The highest BCUT2D eigenvalue weighted by Crippen LogP contribution is 2.45. The third-order valence-corrected chi connectivity index (χ3v) is 4.92. The Morgan fingerprint density at radius 2 is 1.71 bits per heavy atom. The Bertz CT molecular complexity index is 330. The number of hydrogen-bond acceptors (Lipinski definition) is 2. The van der Waals surface area contributed by atoms with Crippen LogP contribution in [0.2, 0.25) is 0 Å². The molecule has 3 aliphatic rings. The van der Waals surface area contributed by atoms with Crippen LogP contribution in [0, 0.1) is 5.92 Å². The fraction of sp³-hybridized carbons (Fsp3) is 0.909.